The molecule has 0 amide bonds. The van der Waals surface area contributed by atoms with Crippen molar-refractivity contribution in [3.05, 3.63) is 0 Å². The van der Waals surface area contributed by atoms with E-state index in [2.05, 4.69) is 0 Å². The third-order valence-corrected chi connectivity index (χ3v) is 4.75. The van der Waals surface area contributed by atoms with Crippen molar-refractivity contribution >= 4 is 5.97 Å². The van der Waals surface area contributed by atoms with Gasteiger partial charge in [-0.15, -0.1) is 0 Å². The summed E-state index contributed by atoms with van der Waals surface area (Å²) in [5, 5.41) is 0. The number of esters is 1. The second-order valence-corrected chi connectivity index (χ2v) is 6.48. The standard InChI is InChI=1S/C15H25F3O2/c1-5-13(3,4)12(19)20-14(6-2)9-7-11(8-10-14)15(16,17)18/h11H,5-10H2,1-4H3. The minimum Gasteiger partial charge on any atom is -0.459 e. The van der Waals surface area contributed by atoms with E-state index in [1.54, 1.807) is 13.8 Å². The maximum atomic E-state index is 12.7. The van der Waals surface area contributed by atoms with Gasteiger partial charge in [0.05, 0.1) is 11.3 Å². The Balaban J connectivity index is 2.71. The molecule has 0 saturated heterocycles. The number of halogens is 3. The number of carbonyl (C=O) groups is 1. The lowest BCUT2D eigenvalue weighted by Gasteiger charge is -2.41. The van der Waals surface area contributed by atoms with Crippen molar-refractivity contribution in [2.75, 3.05) is 0 Å². The van der Waals surface area contributed by atoms with E-state index in [1.807, 2.05) is 13.8 Å². The van der Waals surface area contributed by atoms with Crippen LogP contribution in [0.15, 0.2) is 0 Å². The van der Waals surface area contributed by atoms with Gasteiger partial charge in [-0.05, 0) is 52.4 Å². The van der Waals surface area contributed by atoms with Crippen LogP contribution in [-0.4, -0.2) is 17.7 Å². The van der Waals surface area contributed by atoms with Crippen LogP contribution in [0.3, 0.4) is 0 Å². The van der Waals surface area contributed by atoms with Gasteiger partial charge in [-0.3, -0.25) is 4.79 Å². The first-order chi connectivity index (χ1) is 9.06. The van der Waals surface area contributed by atoms with E-state index in [-0.39, 0.29) is 18.8 Å². The molecule has 2 nitrogen and oxygen atoms in total. The summed E-state index contributed by atoms with van der Waals surface area (Å²) in [6, 6.07) is 0. The SMILES string of the molecule is CCC1(OC(=O)C(C)(C)CC)CCC(C(F)(F)F)CC1. The van der Waals surface area contributed by atoms with E-state index in [0.29, 0.717) is 25.7 Å². The van der Waals surface area contributed by atoms with Gasteiger partial charge in [0.1, 0.15) is 5.60 Å². The first-order valence-electron chi connectivity index (χ1n) is 7.36. The highest BCUT2D eigenvalue weighted by atomic mass is 19.4. The fourth-order valence-corrected chi connectivity index (χ4v) is 2.48. The fraction of sp³-hybridized carbons (Fsp3) is 0.933. The van der Waals surface area contributed by atoms with Crippen molar-refractivity contribution in [2.24, 2.45) is 11.3 Å². The summed E-state index contributed by atoms with van der Waals surface area (Å²) in [6.45, 7) is 7.39. The summed E-state index contributed by atoms with van der Waals surface area (Å²) in [7, 11) is 0. The number of hydrogen-bond acceptors (Lipinski definition) is 2. The number of alkyl halides is 3. The molecule has 0 radical (unpaired) electrons. The van der Waals surface area contributed by atoms with Gasteiger partial charge in [0, 0.05) is 0 Å². The third kappa shape index (κ3) is 3.89. The molecular formula is C15H25F3O2. The Kier molecular flexibility index (Phi) is 5.14. The third-order valence-electron chi connectivity index (χ3n) is 4.75. The van der Waals surface area contributed by atoms with Gasteiger partial charge < -0.3 is 4.74 Å². The highest BCUT2D eigenvalue weighted by molar-refractivity contribution is 5.76. The monoisotopic (exact) mass is 294 g/mol. The molecule has 0 bridgehead atoms. The second-order valence-electron chi connectivity index (χ2n) is 6.48. The van der Waals surface area contributed by atoms with E-state index in [9.17, 15) is 18.0 Å². The molecule has 0 aromatic rings. The molecule has 1 fully saturated rings. The minimum atomic E-state index is -4.13. The Hall–Kier alpha value is -0.740. The molecule has 0 heterocycles. The lowest BCUT2D eigenvalue weighted by molar-refractivity contribution is -0.202. The van der Waals surface area contributed by atoms with Crippen molar-refractivity contribution in [2.45, 2.75) is 78.0 Å². The molecule has 0 aromatic heterocycles. The zero-order valence-electron chi connectivity index (χ0n) is 12.8. The van der Waals surface area contributed by atoms with Crippen LogP contribution in [-0.2, 0) is 9.53 Å². The Bertz CT molecular complexity index is 340. The summed E-state index contributed by atoms with van der Waals surface area (Å²) >= 11 is 0. The molecule has 1 rings (SSSR count). The highest BCUT2D eigenvalue weighted by Crippen LogP contribution is 2.44. The van der Waals surface area contributed by atoms with Gasteiger partial charge in [0.25, 0.3) is 0 Å². The molecule has 0 unspecified atom stereocenters. The summed E-state index contributed by atoms with van der Waals surface area (Å²) in [4.78, 5) is 12.2. The first-order valence-corrected chi connectivity index (χ1v) is 7.36. The van der Waals surface area contributed by atoms with Gasteiger partial charge in [0.15, 0.2) is 0 Å². The Morgan fingerprint density at radius 3 is 2.05 bits per heavy atom. The van der Waals surface area contributed by atoms with Gasteiger partial charge in [-0.2, -0.15) is 13.2 Å². The maximum Gasteiger partial charge on any atom is 0.391 e. The topological polar surface area (TPSA) is 26.3 Å². The van der Waals surface area contributed by atoms with Gasteiger partial charge in [0.2, 0.25) is 0 Å². The first kappa shape index (κ1) is 17.3. The van der Waals surface area contributed by atoms with Crippen LogP contribution in [0.1, 0.15) is 66.2 Å². The highest BCUT2D eigenvalue weighted by Gasteiger charge is 2.47. The molecule has 0 aliphatic heterocycles. The van der Waals surface area contributed by atoms with Gasteiger partial charge >= 0.3 is 12.1 Å². The van der Waals surface area contributed by atoms with Crippen LogP contribution in [0, 0.1) is 11.3 Å². The van der Waals surface area contributed by atoms with Crippen LogP contribution >= 0.6 is 0 Å². The van der Waals surface area contributed by atoms with Crippen LogP contribution < -0.4 is 0 Å². The maximum absolute atomic E-state index is 12.7. The van der Waals surface area contributed by atoms with Gasteiger partial charge in [-0.25, -0.2) is 0 Å². The van der Waals surface area contributed by atoms with Crippen LogP contribution in [0.2, 0.25) is 0 Å². The molecule has 118 valence electrons. The van der Waals surface area contributed by atoms with E-state index >= 15 is 0 Å². The lowest BCUT2D eigenvalue weighted by Crippen LogP contribution is -2.44. The number of hydrogen-bond donors (Lipinski definition) is 0. The lowest BCUT2D eigenvalue weighted by atomic mass is 9.76. The van der Waals surface area contributed by atoms with Crippen molar-refractivity contribution in [1.82, 2.24) is 0 Å². The van der Waals surface area contributed by atoms with Crippen LogP contribution in [0.4, 0.5) is 13.2 Å². The van der Waals surface area contributed by atoms with Gasteiger partial charge in [-0.1, -0.05) is 13.8 Å². The predicted molar refractivity (Wildman–Crippen MR) is 71.2 cm³/mol. The second kappa shape index (κ2) is 5.94. The van der Waals surface area contributed by atoms with Crippen LogP contribution in [0.5, 0.6) is 0 Å². The summed E-state index contributed by atoms with van der Waals surface area (Å²) in [5.41, 5.74) is -1.28. The van der Waals surface area contributed by atoms with Crippen molar-refractivity contribution in [3.8, 4) is 0 Å². The number of carbonyl (C=O) groups excluding carboxylic acids is 1. The smallest absolute Gasteiger partial charge is 0.391 e. The molecule has 0 atom stereocenters. The van der Waals surface area contributed by atoms with Crippen LogP contribution in [0.25, 0.3) is 0 Å². The number of rotatable bonds is 4. The predicted octanol–water partition coefficient (Wildman–Crippen LogP) is 4.87. The van der Waals surface area contributed by atoms with E-state index in [4.69, 9.17) is 4.74 Å². The molecular weight excluding hydrogens is 269 g/mol. The Morgan fingerprint density at radius 2 is 1.70 bits per heavy atom. The number of ether oxygens (including phenoxy) is 1. The molecule has 0 aromatic carbocycles. The average Bonchev–Trinajstić information content (AvgIpc) is 2.38. The normalized spacial score (nSPS) is 28.2. The quantitative estimate of drug-likeness (QED) is 0.692. The average molecular weight is 294 g/mol. The van der Waals surface area contributed by atoms with E-state index < -0.39 is 23.1 Å². The van der Waals surface area contributed by atoms with Crippen molar-refractivity contribution < 1.29 is 22.7 Å². The largest absolute Gasteiger partial charge is 0.459 e. The fourth-order valence-electron chi connectivity index (χ4n) is 2.48. The minimum absolute atomic E-state index is 0.0528. The summed E-state index contributed by atoms with van der Waals surface area (Å²) < 4.78 is 43.7. The van der Waals surface area contributed by atoms with Crippen molar-refractivity contribution in [3.63, 3.8) is 0 Å². The van der Waals surface area contributed by atoms with E-state index in [1.165, 1.54) is 0 Å². The Morgan fingerprint density at radius 1 is 1.20 bits per heavy atom. The molecule has 0 spiro atoms. The zero-order chi connectivity index (χ0) is 15.6. The Labute approximate surface area is 119 Å². The molecule has 1 saturated carbocycles. The molecule has 5 heteroatoms. The van der Waals surface area contributed by atoms with E-state index in [0.717, 1.165) is 0 Å². The summed E-state index contributed by atoms with van der Waals surface area (Å²) in [5.74, 6) is -1.55. The van der Waals surface area contributed by atoms with Crippen molar-refractivity contribution in [1.29, 1.82) is 0 Å². The molecule has 1 aliphatic rings. The molecule has 0 N–H and O–H groups in total. The summed E-state index contributed by atoms with van der Waals surface area (Å²) in [6.07, 6.45) is -2.20. The molecule has 20 heavy (non-hydrogen) atoms. The molecule has 1 aliphatic carbocycles. The zero-order valence-corrected chi connectivity index (χ0v) is 12.8.